The van der Waals surface area contributed by atoms with Gasteiger partial charge in [0.1, 0.15) is 11.5 Å². The van der Waals surface area contributed by atoms with E-state index in [-0.39, 0.29) is 29.5 Å². The Labute approximate surface area is 184 Å². The average molecular weight is 427 g/mol. The summed E-state index contributed by atoms with van der Waals surface area (Å²) in [7, 11) is 0. The first kappa shape index (κ1) is 23.1. The lowest BCUT2D eigenvalue weighted by Crippen LogP contribution is -2.43. The SMILES string of the molecule is CC(C)(Cc1cccc(CC(=O)N2CCCCC2)c1)NCC(O)c1cc(O)cc(O)c1. The number of likely N-dealkylation sites (tertiary alicyclic amines) is 1. The first-order chi connectivity index (χ1) is 14.7. The molecule has 1 aliphatic rings. The Hall–Kier alpha value is -2.57. The second-order valence-electron chi connectivity index (χ2n) is 9.18. The van der Waals surface area contributed by atoms with Crippen molar-refractivity contribution in [2.75, 3.05) is 19.6 Å². The monoisotopic (exact) mass is 426 g/mol. The molecular formula is C25H34N2O4. The normalized spacial score (nSPS) is 15.6. The highest BCUT2D eigenvalue weighted by Gasteiger charge is 2.21. The summed E-state index contributed by atoms with van der Waals surface area (Å²) in [6.07, 6.45) is 3.71. The maximum atomic E-state index is 12.6. The number of rotatable bonds is 8. The maximum absolute atomic E-state index is 12.6. The molecular weight excluding hydrogens is 392 g/mol. The van der Waals surface area contributed by atoms with Gasteiger partial charge in [0.05, 0.1) is 12.5 Å². The lowest BCUT2D eigenvalue weighted by atomic mass is 9.93. The van der Waals surface area contributed by atoms with E-state index in [0.29, 0.717) is 12.0 Å². The number of hydrogen-bond acceptors (Lipinski definition) is 5. The number of phenols is 2. The molecule has 1 heterocycles. The number of amides is 1. The van der Waals surface area contributed by atoms with Gasteiger partial charge in [0.15, 0.2) is 0 Å². The number of hydrogen-bond donors (Lipinski definition) is 4. The van der Waals surface area contributed by atoms with Crippen LogP contribution in [0.3, 0.4) is 0 Å². The van der Waals surface area contributed by atoms with E-state index in [4.69, 9.17) is 0 Å². The number of piperidine rings is 1. The van der Waals surface area contributed by atoms with E-state index in [9.17, 15) is 20.1 Å². The number of β-amino-alcohol motifs (C(OH)–C–C–N with tert-alkyl or cyclic N) is 1. The number of phenolic OH excluding ortho intramolecular Hbond substituents is 2. The zero-order chi connectivity index (χ0) is 22.4. The van der Waals surface area contributed by atoms with Crippen LogP contribution in [0.2, 0.25) is 0 Å². The number of carbonyl (C=O) groups excluding carboxylic acids is 1. The van der Waals surface area contributed by atoms with Gasteiger partial charge in [-0.25, -0.2) is 0 Å². The van der Waals surface area contributed by atoms with Crippen LogP contribution < -0.4 is 5.32 Å². The fraction of sp³-hybridized carbons (Fsp3) is 0.480. The summed E-state index contributed by atoms with van der Waals surface area (Å²) in [5.41, 5.74) is 2.32. The van der Waals surface area contributed by atoms with Gasteiger partial charge in [0, 0.05) is 31.2 Å². The largest absolute Gasteiger partial charge is 0.508 e. The molecule has 1 atom stereocenters. The van der Waals surface area contributed by atoms with E-state index in [1.165, 1.54) is 24.6 Å². The molecule has 6 heteroatoms. The van der Waals surface area contributed by atoms with Crippen LogP contribution in [-0.4, -0.2) is 51.3 Å². The molecule has 1 fully saturated rings. The van der Waals surface area contributed by atoms with Crippen LogP contribution >= 0.6 is 0 Å². The van der Waals surface area contributed by atoms with Crippen LogP contribution in [0.4, 0.5) is 0 Å². The molecule has 6 nitrogen and oxygen atoms in total. The highest BCUT2D eigenvalue weighted by molar-refractivity contribution is 5.78. The minimum atomic E-state index is -0.856. The van der Waals surface area contributed by atoms with Gasteiger partial charge in [0.25, 0.3) is 0 Å². The standard InChI is InChI=1S/C25H34N2O4/c1-25(2,26-17-23(30)20-13-21(28)15-22(29)14-20)16-19-8-6-7-18(11-19)12-24(31)27-9-4-3-5-10-27/h6-8,11,13-15,23,26,28-30H,3-5,9-10,12,16-17H2,1-2H3. The lowest BCUT2D eigenvalue weighted by Gasteiger charge is -2.29. The topological polar surface area (TPSA) is 93.0 Å². The summed E-state index contributed by atoms with van der Waals surface area (Å²) in [6.45, 7) is 6.14. The number of nitrogens with one attached hydrogen (secondary N) is 1. The summed E-state index contributed by atoms with van der Waals surface area (Å²) in [5.74, 6) is 0.0418. The molecule has 3 rings (SSSR count). The van der Waals surface area contributed by atoms with E-state index < -0.39 is 6.10 Å². The van der Waals surface area contributed by atoms with Crippen molar-refractivity contribution in [2.45, 2.75) is 57.6 Å². The number of aromatic hydroxyl groups is 2. The zero-order valence-corrected chi connectivity index (χ0v) is 18.5. The first-order valence-electron chi connectivity index (χ1n) is 11.0. The van der Waals surface area contributed by atoms with Crippen LogP contribution in [0, 0.1) is 0 Å². The van der Waals surface area contributed by atoms with Gasteiger partial charge in [-0.05, 0) is 68.4 Å². The van der Waals surface area contributed by atoms with E-state index in [1.807, 2.05) is 17.0 Å². The summed E-state index contributed by atoms with van der Waals surface area (Å²) >= 11 is 0. The molecule has 0 aromatic heterocycles. The second-order valence-corrected chi connectivity index (χ2v) is 9.18. The van der Waals surface area contributed by atoms with E-state index in [0.717, 1.165) is 43.5 Å². The van der Waals surface area contributed by atoms with Gasteiger partial charge in [-0.15, -0.1) is 0 Å². The molecule has 1 saturated heterocycles. The van der Waals surface area contributed by atoms with Gasteiger partial charge in [0.2, 0.25) is 5.91 Å². The maximum Gasteiger partial charge on any atom is 0.226 e. The first-order valence-corrected chi connectivity index (χ1v) is 11.0. The number of nitrogens with zero attached hydrogens (tertiary/aromatic N) is 1. The van der Waals surface area contributed by atoms with Crippen LogP contribution in [-0.2, 0) is 17.6 Å². The predicted octanol–water partition coefficient (Wildman–Crippen LogP) is 3.30. The fourth-order valence-electron chi connectivity index (χ4n) is 4.15. The lowest BCUT2D eigenvalue weighted by molar-refractivity contribution is -0.131. The molecule has 0 aliphatic carbocycles. The van der Waals surface area contributed by atoms with Crippen LogP contribution in [0.1, 0.15) is 55.9 Å². The molecule has 31 heavy (non-hydrogen) atoms. The van der Waals surface area contributed by atoms with E-state index in [1.54, 1.807) is 0 Å². The van der Waals surface area contributed by atoms with Gasteiger partial charge in [-0.1, -0.05) is 24.3 Å². The summed E-state index contributed by atoms with van der Waals surface area (Å²) in [5, 5.41) is 33.0. The molecule has 168 valence electrons. The number of carbonyl (C=O) groups is 1. The van der Waals surface area contributed by atoms with Crippen molar-refractivity contribution in [3.63, 3.8) is 0 Å². The molecule has 2 aromatic carbocycles. The number of aliphatic hydroxyl groups excluding tert-OH is 1. The minimum Gasteiger partial charge on any atom is -0.508 e. The highest BCUT2D eigenvalue weighted by atomic mass is 16.3. The third kappa shape index (κ3) is 6.97. The van der Waals surface area contributed by atoms with Crippen molar-refractivity contribution in [2.24, 2.45) is 0 Å². The number of benzene rings is 2. The summed E-state index contributed by atoms with van der Waals surface area (Å²) in [4.78, 5) is 14.5. The van der Waals surface area contributed by atoms with Gasteiger partial charge in [-0.3, -0.25) is 4.79 Å². The van der Waals surface area contributed by atoms with Crippen molar-refractivity contribution < 1.29 is 20.1 Å². The van der Waals surface area contributed by atoms with Crippen LogP contribution in [0.25, 0.3) is 0 Å². The number of aliphatic hydroxyl groups is 1. The van der Waals surface area contributed by atoms with Crippen molar-refractivity contribution in [1.29, 1.82) is 0 Å². The van der Waals surface area contributed by atoms with Gasteiger partial charge in [-0.2, -0.15) is 0 Å². The van der Waals surface area contributed by atoms with Crippen molar-refractivity contribution in [3.05, 3.63) is 59.2 Å². The van der Waals surface area contributed by atoms with Crippen LogP contribution in [0.15, 0.2) is 42.5 Å². The molecule has 1 amide bonds. The Morgan fingerprint density at radius 1 is 1.03 bits per heavy atom. The Balaban J connectivity index is 1.56. The van der Waals surface area contributed by atoms with Crippen molar-refractivity contribution >= 4 is 5.91 Å². The van der Waals surface area contributed by atoms with Crippen LogP contribution in [0.5, 0.6) is 11.5 Å². The van der Waals surface area contributed by atoms with Gasteiger partial charge < -0.3 is 25.5 Å². The van der Waals surface area contributed by atoms with E-state index >= 15 is 0 Å². The predicted molar refractivity (Wildman–Crippen MR) is 121 cm³/mol. The molecule has 1 unspecified atom stereocenters. The minimum absolute atomic E-state index is 0.0794. The molecule has 2 aromatic rings. The van der Waals surface area contributed by atoms with Crippen molar-refractivity contribution in [1.82, 2.24) is 10.2 Å². The second kappa shape index (κ2) is 10.2. The molecule has 4 N–H and O–H groups in total. The van der Waals surface area contributed by atoms with E-state index in [2.05, 4.69) is 31.3 Å². The summed E-state index contributed by atoms with van der Waals surface area (Å²) < 4.78 is 0. The highest BCUT2D eigenvalue weighted by Crippen LogP contribution is 2.25. The molecule has 0 spiro atoms. The smallest absolute Gasteiger partial charge is 0.226 e. The van der Waals surface area contributed by atoms with Gasteiger partial charge >= 0.3 is 0 Å². The fourth-order valence-corrected chi connectivity index (χ4v) is 4.15. The summed E-state index contributed by atoms with van der Waals surface area (Å²) in [6, 6.07) is 12.3. The Kier molecular flexibility index (Phi) is 7.57. The Bertz CT molecular complexity index is 871. The molecule has 0 radical (unpaired) electrons. The third-order valence-electron chi connectivity index (χ3n) is 5.79. The van der Waals surface area contributed by atoms with Crippen molar-refractivity contribution in [3.8, 4) is 11.5 Å². The Morgan fingerprint density at radius 3 is 2.35 bits per heavy atom. The Morgan fingerprint density at radius 2 is 1.68 bits per heavy atom. The molecule has 0 saturated carbocycles. The zero-order valence-electron chi connectivity index (χ0n) is 18.5. The quantitative estimate of drug-likeness (QED) is 0.520. The average Bonchev–Trinajstić information content (AvgIpc) is 2.72. The third-order valence-corrected chi connectivity index (χ3v) is 5.79. The molecule has 0 bridgehead atoms. The molecule has 1 aliphatic heterocycles.